The monoisotopic (exact) mass is 288 g/mol. The average molecular weight is 288 g/mol. The molecule has 1 aliphatic heterocycles. The van der Waals surface area contributed by atoms with E-state index in [2.05, 4.69) is 42.3 Å². The van der Waals surface area contributed by atoms with E-state index in [1.54, 1.807) is 7.11 Å². The van der Waals surface area contributed by atoms with Gasteiger partial charge in [0.25, 0.3) is 0 Å². The lowest BCUT2D eigenvalue weighted by Crippen LogP contribution is -2.36. The molecule has 0 spiro atoms. The third-order valence-electron chi connectivity index (χ3n) is 5.00. The topological polar surface area (TPSA) is 24.5 Å². The maximum absolute atomic E-state index is 5.53. The number of para-hydroxylation sites is 1. The number of hydrogen-bond donors (Lipinski definition) is 1. The van der Waals surface area contributed by atoms with Crippen molar-refractivity contribution in [2.45, 2.75) is 63.7 Å². The fraction of sp³-hybridized carbons (Fsp3) is 0.667. The Kier molecular flexibility index (Phi) is 4.51. The second-order valence-corrected chi connectivity index (χ2v) is 6.58. The molecule has 2 aliphatic rings. The predicted octanol–water partition coefficient (Wildman–Crippen LogP) is 3.36. The van der Waals surface area contributed by atoms with E-state index in [9.17, 15) is 0 Å². The van der Waals surface area contributed by atoms with E-state index in [-0.39, 0.29) is 0 Å². The highest BCUT2D eigenvalue weighted by molar-refractivity contribution is 5.36. The Morgan fingerprint density at radius 1 is 1.33 bits per heavy atom. The van der Waals surface area contributed by atoms with Crippen LogP contribution < -0.4 is 10.1 Å². The Balaban J connectivity index is 1.67. The minimum Gasteiger partial charge on any atom is -0.496 e. The molecule has 0 radical (unpaired) electrons. The Hall–Kier alpha value is -1.06. The Bertz CT molecular complexity index is 472. The zero-order chi connectivity index (χ0) is 14.8. The van der Waals surface area contributed by atoms with Crippen LogP contribution in [0.15, 0.2) is 24.3 Å². The van der Waals surface area contributed by atoms with Crippen LogP contribution in [0.5, 0.6) is 5.75 Å². The molecule has 3 nitrogen and oxygen atoms in total. The van der Waals surface area contributed by atoms with Gasteiger partial charge in [-0.3, -0.25) is 4.90 Å². The van der Waals surface area contributed by atoms with Crippen molar-refractivity contribution in [2.24, 2.45) is 0 Å². The number of hydrogen-bond acceptors (Lipinski definition) is 3. The van der Waals surface area contributed by atoms with Crippen molar-refractivity contribution in [3.63, 3.8) is 0 Å². The van der Waals surface area contributed by atoms with E-state index in [0.29, 0.717) is 12.1 Å². The molecule has 0 bridgehead atoms. The van der Waals surface area contributed by atoms with E-state index >= 15 is 0 Å². The molecule has 21 heavy (non-hydrogen) atoms. The third kappa shape index (κ3) is 3.24. The summed E-state index contributed by atoms with van der Waals surface area (Å²) in [6, 6.07) is 11.0. The van der Waals surface area contributed by atoms with Crippen molar-refractivity contribution < 1.29 is 4.74 Å². The second-order valence-electron chi connectivity index (χ2n) is 6.58. The van der Waals surface area contributed by atoms with Crippen LogP contribution in [-0.2, 0) is 0 Å². The number of nitrogens with zero attached hydrogens (tertiary/aromatic N) is 1. The number of methoxy groups -OCH3 is 1. The van der Waals surface area contributed by atoms with Gasteiger partial charge < -0.3 is 10.1 Å². The average Bonchev–Trinajstić information content (AvgIpc) is 3.28. The highest BCUT2D eigenvalue weighted by Crippen LogP contribution is 2.34. The molecule has 1 saturated heterocycles. The van der Waals surface area contributed by atoms with Gasteiger partial charge in [-0.05, 0) is 38.7 Å². The van der Waals surface area contributed by atoms with E-state index in [0.717, 1.165) is 24.3 Å². The van der Waals surface area contributed by atoms with E-state index < -0.39 is 0 Å². The molecular formula is C18H28N2O. The summed E-state index contributed by atoms with van der Waals surface area (Å²) in [6.07, 6.45) is 5.17. The van der Waals surface area contributed by atoms with Crippen molar-refractivity contribution in [3.8, 4) is 5.75 Å². The van der Waals surface area contributed by atoms with Crippen LogP contribution in [0.4, 0.5) is 0 Å². The van der Waals surface area contributed by atoms with Gasteiger partial charge in [0, 0.05) is 36.3 Å². The summed E-state index contributed by atoms with van der Waals surface area (Å²) in [5.74, 6) is 1.00. The first-order valence-corrected chi connectivity index (χ1v) is 8.37. The molecule has 3 unspecified atom stereocenters. The molecule has 1 N–H and O–H groups in total. The molecule has 1 aromatic carbocycles. The predicted molar refractivity (Wildman–Crippen MR) is 86.8 cm³/mol. The van der Waals surface area contributed by atoms with Crippen molar-refractivity contribution in [1.82, 2.24) is 10.2 Å². The second kappa shape index (κ2) is 6.37. The van der Waals surface area contributed by atoms with E-state index in [1.165, 1.54) is 31.4 Å². The summed E-state index contributed by atoms with van der Waals surface area (Å²) in [6.45, 7) is 5.84. The molecule has 116 valence electrons. The lowest BCUT2D eigenvalue weighted by atomic mass is 10.0. The van der Waals surface area contributed by atoms with Crippen LogP contribution in [0.25, 0.3) is 0 Å². The molecular weight excluding hydrogens is 260 g/mol. The number of ether oxygens (including phenoxy) is 1. The van der Waals surface area contributed by atoms with Crippen LogP contribution in [0.3, 0.4) is 0 Å². The first kappa shape index (κ1) is 14.9. The number of benzene rings is 1. The van der Waals surface area contributed by atoms with Gasteiger partial charge in [0.15, 0.2) is 0 Å². The van der Waals surface area contributed by atoms with Crippen molar-refractivity contribution in [2.75, 3.05) is 13.7 Å². The molecule has 0 aromatic heterocycles. The minimum absolute atomic E-state index is 0.387. The van der Waals surface area contributed by atoms with Crippen LogP contribution in [0.2, 0.25) is 0 Å². The molecule has 1 heterocycles. The Morgan fingerprint density at radius 2 is 2.10 bits per heavy atom. The Morgan fingerprint density at radius 3 is 2.76 bits per heavy atom. The van der Waals surface area contributed by atoms with Crippen molar-refractivity contribution >= 4 is 0 Å². The van der Waals surface area contributed by atoms with Gasteiger partial charge >= 0.3 is 0 Å². The van der Waals surface area contributed by atoms with Crippen LogP contribution >= 0.6 is 0 Å². The van der Waals surface area contributed by atoms with E-state index in [4.69, 9.17) is 4.74 Å². The fourth-order valence-corrected chi connectivity index (χ4v) is 3.76. The summed E-state index contributed by atoms with van der Waals surface area (Å²) < 4.78 is 5.53. The molecule has 1 aliphatic carbocycles. The first-order valence-electron chi connectivity index (χ1n) is 8.37. The van der Waals surface area contributed by atoms with Gasteiger partial charge in [-0.15, -0.1) is 0 Å². The van der Waals surface area contributed by atoms with Crippen LogP contribution in [0.1, 0.15) is 51.1 Å². The van der Waals surface area contributed by atoms with E-state index in [1.807, 2.05) is 6.07 Å². The van der Waals surface area contributed by atoms with Gasteiger partial charge in [-0.1, -0.05) is 25.1 Å². The van der Waals surface area contributed by atoms with Gasteiger partial charge in [0.2, 0.25) is 0 Å². The van der Waals surface area contributed by atoms with Gasteiger partial charge in [0.1, 0.15) is 5.75 Å². The summed E-state index contributed by atoms with van der Waals surface area (Å²) in [4.78, 5) is 2.70. The number of likely N-dealkylation sites (tertiary alicyclic amines) is 1. The lowest BCUT2D eigenvalue weighted by Gasteiger charge is -2.24. The van der Waals surface area contributed by atoms with Crippen molar-refractivity contribution in [1.29, 1.82) is 0 Å². The maximum Gasteiger partial charge on any atom is 0.123 e. The molecule has 3 heteroatoms. The van der Waals surface area contributed by atoms with Gasteiger partial charge in [-0.25, -0.2) is 0 Å². The van der Waals surface area contributed by atoms with Gasteiger partial charge in [0.05, 0.1) is 7.11 Å². The summed E-state index contributed by atoms with van der Waals surface area (Å²) >= 11 is 0. The number of nitrogens with one attached hydrogen (secondary N) is 1. The third-order valence-corrected chi connectivity index (χ3v) is 5.00. The normalized spacial score (nSPS) is 27.8. The molecule has 1 saturated carbocycles. The summed E-state index contributed by atoms with van der Waals surface area (Å²) in [5, 5.41) is 3.88. The quantitative estimate of drug-likeness (QED) is 0.868. The first-order chi connectivity index (χ1) is 10.2. The maximum atomic E-state index is 5.53. The van der Waals surface area contributed by atoms with Gasteiger partial charge in [-0.2, -0.15) is 0 Å². The molecule has 3 rings (SSSR count). The highest BCUT2D eigenvalue weighted by Gasteiger charge is 2.39. The largest absolute Gasteiger partial charge is 0.496 e. The molecule has 1 aromatic rings. The molecule has 3 atom stereocenters. The highest BCUT2D eigenvalue weighted by atomic mass is 16.5. The zero-order valence-electron chi connectivity index (χ0n) is 13.5. The minimum atomic E-state index is 0.387. The van der Waals surface area contributed by atoms with Crippen molar-refractivity contribution in [3.05, 3.63) is 29.8 Å². The van der Waals surface area contributed by atoms with Crippen LogP contribution in [0, 0.1) is 0 Å². The SMILES string of the molecule is CCC(NC1CC(C)N(C2CC2)C1)c1ccccc1OC. The fourth-order valence-electron chi connectivity index (χ4n) is 3.76. The summed E-state index contributed by atoms with van der Waals surface area (Å²) in [7, 11) is 1.76. The number of rotatable bonds is 6. The molecule has 0 amide bonds. The molecule has 2 fully saturated rings. The summed E-state index contributed by atoms with van der Waals surface area (Å²) in [5.41, 5.74) is 1.29. The standard InChI is InChI=1S/C18H28N2O/c1-4-17(16-7-5-6-8-18(16)21-3)19-14-11-13(2)20(12-14)15-9-10-15/h5-8,13-15,17,19H,4,9-12H2,1-3H3. The lowest BCUT2D eigenvalue weighted by molar-refractivity contribution is 0.253. The van der Waals surface area contributed by atoms with Crippen LogP contribution in [-0.4, -0.2) is 36.7 Å². The smallest absolute Gasteiger partial charge is 0.123 e. The zero-order valence-corrected chi connectivity index (χ0v) is 13.5. The Labute approximate surface area is 128 Å².